The van der Waals surface area contributed by atoms with Crippen LogP contribution >= 0.6 is 28.3 Å². The van der Waals surface area contributed by atoms with Gasteiger partial charge in [0.2, 0.25) is 5.91 Å². The molecule has 2 aliphatic rings. The SMILES string of the molecule is C[C@H]1OCCN[C@@H]1C(=O)N1CCC(n2cc(Br)cn2)CC1.Cl. The van der Waals surface area contributed by atoms with Crippen molar-refractivity contribution < 1.29 is 9.53 Å². The zero-order valence-electron chi connectivity index (χ0n) is 12.6. The summed E-state index contributed by atoms with van der Waals surface area (Å²) in [5, 5.41) is 7.62. The number of piperidine rings is 1. The highest BCUT2D eigenvalue weighted by molar-refractivity contribution is 9.10. The van der Waals surface area contributed by atoms with E-state index in [0.717, 1.165) is 36.9 Å². The monoisotopic (exact) mass is 392 g/mol. The number of aromatic nitrogens is 2. The number of morpholine rings is 1. The summed E-state index contributed by atoms with van der Waals surface area (Å²) in [6, 6.07) is 0.183. The van der Waals surface area contributed by atoms with E-state index in [1.54, 1.807) is 0 Å². The zero-order chi connectivity index (χ0) is 14.8. The van der Waals surface area contributed by atoms with Crippen molar-refractivity contribution in [1.82, 2.24) is 20.0 Å². The number of amides is 1. The highest BCUT2D eigenvalue weighted by atomic mass is 79.9. The third-order valence-electron chi connectivity index (χ3n) is 4.30. The van der Waals surface area contributed by atoms with Gasteiger partial charge in [-0.05, 0) is 35.7 Å². The smallest absolute Gasteiger partial charge is 0.242 e. The van der Waals surface area contributed by atoms with Crippen LogP contribution in [-0.4, -0.2) is 59.0 Å². The van der Waals surface area contributed by atoms with Crippen LogP contribution in [0.4, 0.5) is 0 Å². The molecule has 0 unspecified atom stereocenters. The Labute approximate surface area is 145 Å². The molecule has 2 atom stereocenters. The Hall–Kier alpha value is -0.630. The molecule has 6 nitrogen and oxygen atoms in total. The molecule has 2 saturated heterocycles. The summed E-state index contributed by atoms with van der Waals surface area (Å²) >= 11 is 3.42. The summed E-state index contributed by atoms with van der Waals surface area (Å²) in [4.78, 5) is 14.5. The van der Waals surface area contributed by atoms with E-state index in [-0.39, 0.29) is 30.5 Å². The van der Waals surface area contributed by atoms with Crippen LogP contribution in [0.15, 0.2) is 16.9 Å². The van der Waals surface area contributed by atoms with Crippen molar-refractivity contribution >= 4 is 34.2 Å². The molecule has 2 fully saturated rings. The van der Waals surface area contributed by atoms with Crippen LogP contribution < -0.4 is 5.32 Å². The van der Waals surface area contributed by atoms with Gasteiger partial charge in [-0.3, -0.25) is 9.48 Å². The second kappa shape index (κ2) is 7.77. The maximum atomic E-state index is 12.6. The summed E-state index contributed by atoms with van der Waals surface area (Å²) < 4.78 is 8.56. The summed E-state index contributed by atoms with van der Waals surface area (Å²) in [5.74, 6) is 0.169. The molecule has 2 aliphatic heterocycles. The fourth-order valence-corrected chi connectivity index (χ4v) is 3.37. The lowest BCUT2D eigenvalue weighted by atomic mass is 10.0. The molecule has 0 saturated carbocycles. The van der Waals surface area contributed by atoms with E-state index >= 15 is 0 Å². The lowest BCUT2D eigenvalue weighted by molar-refractivity contribution is -0.140. The van der Waals surface area contributed by atoms with E-state index < -0.39 is 0 Å². The Bertz CT molecular complexity index is 505. The molecule has 3 rings (SSSR count). The molecule has 124 valence electrons. The van der Waals surface area contributed by atoms with Crippen molar-refractivity contribution in [3.05, 3.63) is 16.9 Å². The van der Waals surface area contributed by atoms with Crippen LogP contribution in [0.5, 0.6) is 0 Å². The molecule has 1 amide bonds. The molecule has 3 heterocycles. The summed E-state index contributed by atoms with van der Waals surface area (Å²) in [6.07, 6.45) is 5.65. The van der Waals surface area contributed by atoms with Gasteiger partial charge in [-0.15, -0.1) is 12.4 Å². The minimum atomic E-state index is -0.200. The molecule has 0 spiro atoms. The number of hydrogen-bond donors (Lipinski definition) is 1. The normalized spacial score (nSPS) is 26.5. The molecule has 22 heavy (non-hydrogen) atoms. The van der Waals surface area contributed by atoms with E-state index in [4.69, 9.17) is 4.74 Å². The summed E-state index contributed by atoms with van der Waals surface area (Å²) in [7, 11) is 0. The van der Waals surface area contributed by atoms with E-state index in [1.165, 1.54) is 0 Å². The molecule has 1 aromatic heterocycles. The number of nitrogens with zero attached hydrogens (tertiary/aromatic N) is 3. The van der Waals surface area contributed by atoms with E-state index in [2.05, 4.69) is 26.3 Å². The molecule has 0 aromatic carbocycles. The number of ether oxygens (including phenoxy) is 1. The lowest BCUT2D eigenvalue weighted by Crippen LogP contribution is -2.57. The quantitative estimate of drug-likeness (QED) is 0.829. The summed E-state index contributed by atoms with van der Waals surface area (Å²) in [6.45, 7) is 4.96. The highest BCUT2D eigenvalue weighted by Crippen LogP contribution is 2.24. The number of nitrogens with one attached hydrogen (secondary N) is 1. The molecular weight excluding hydrogens is 372 g/mol. The molecule has 1 N–H and O–H groups in total. The van der Waals surface area contributed by atoms with Gasteiger partial charge in [-0.1, -0.05) is 0 Å². The van der Waals surface area contributed by atoms with Gasteiger partial charge >= 0.3 is 0 Å². The first-order chi connectivity index (χ1) is 10.1. The second-order valence-electron chi connectivity index (χ2n) is 5.70. The van der Waals surface area contributed by atoms with E-state index in [0.29, 0.717) is 12.6 Å². The van der Waals surface area contributed by atoms with Crippen LogP contribution in [-0.2, 0) is 9.53 Å². The van der Waals surface area contributed by atoms with Crippen molar-refractivity contribution in [1.29, 1.82) is 0 Å². The molecule has 0 radical (unpaired) electrons. The van der Waals surface area contributed by atoms with Gasteiger partial charge in [0.05, 0.1) is 29.4 Å². The van der Waals surface area contributed by atoms with Gasteiger partial charge in [-0.25, -0.2) is 0 Å². The first-order valence-corrected chi connectivity index (χ1v) is 8.28. The Morgan fingerprint density at radius 1 is 1.45 bits per heavy atom. The van der Waals surface area contributed by atoms with Crippen LogP contribution in [0, 0.1) is 0 Å². The Balaban J connectivity index is 0.00000176. The Kier molecular flexibility index (Phi) is 6.26. The Morgan fingerprint density at radius 3 is 2.77 bits per heavy atom. The first kappa shape index (κ1) is 17.7. The minimum Gasteiger partial charge on any atom is -0.375 e. The third kappa shape index (κ3) is 3.82. The van der Waals surface area contributed by atoms with Crippen molar-refractivity contribution in [3.8, 4) is 0 Å². The molecular formula is C14H22BrClN4O2. The van der Waals surface area contributed by atoms with E-state index in [1.807, 2.05) is 28.9 Å². The van der Waals surface area contributed by atoms with Crippen LogP contribution in [0.1, 0.15) is 25.8 Å². The number of carbonyl (C=O) groups is 1. The van der Waals surface area contributed by atoms with Crippen molar-refractivity contribution in [2.75, 3.05) is 26.2 Å². The molecule has 8 heteroatoms. The molecule has 0 bridgehead atoms. The number of likely N-dealkylation sites (tertiary alicyclic amines) is 1. The zero-order valence-corrected chi connectivity index (χ0v) is 15.0. The van der Waals surface area contributed by atoms with E-state index in [9.17, 15) is 4.79 Å². The van der Waals surface area contributed by atoms with Gasteiger partial charge in [-0.2, -0.15) is 5.10 Å². The molecule has 1 aromatic rings. The number of carbonyl (C=O) groups excluding carboxylic acids is 1. The van der Waals surface area contributed by atoms with Crippen LogP contribution in [0.25, 0.3) is 0 Å². The topological polar surface area (TPSA) is 59.4 Å². The van der Waals surface area contributed by atoms with Gasteiger partial charge in [0.25, 0.3) is 0 Å². The maximum Gasteiger partial charge on any atom is 0.242 e. The maximum absolute atomic E-state index is 12.6. The summed E-state index contributed by atoms with van der Waals surface area (Å²) in [5.41, 5.74) is 0. The minimum absolute atomic E-state index is 0. The van der Waals surface area contributed by atoms with Crippen molar-refractivity contribution in [2.24, 2.45) is 0 Å². The van der Waals surface area contributed by atoms with Gasteiger partial charge in [0.15, 0.2) is 0 Å². The third-order valence-corrected chi connectivity index (χ3v) is 4.71. The van der Waals surface area contributed by atoms with Crippen molar-refractivity contribution in [3.63, 3.8) is 0 Å². The largest absolute Gasteiger partial charge is 0.375 e. The molecule has 0 aliphatic carbocycles. The first-order valence-electron chi connectivity index (χ1n) is 7.48. The standard InChI is InChI=1S/C14H21BrN4O2.ClH/c1-10-13(16-4-7-21-10)14(20)18-5-2-12(3-6-18)19-9-11(15)8-17-19;/h8-10,12-13,16H,2-7H2,1H3;1H/t10-,13+;/m1./s1. The highest BCUT2D eigenvalue weighted by Gasteiger charge is 2.33. The number of hydrogen-bond acceptors (Lipinski definition) is 4. The van der Waals surface area contributed by atoms with Crippen LogP contribution in [0.2, 0.25) is 0 Å². The Morgan fingerprint density at radius 2 is 2.18 bits per heavy atom. The van der Waals surface area contributed by atoms with Crippen molar-refractivity contribution in [2.45, 2.75) is 38.0 Å². The fourth-order valence-electron chi connectivity index (χ4n) is 3.07. The number of halogens is 2. The fraction of sp³-hybridized carbons (Fsp3) is 0.714. The van der Waals surface area contributed by atoms with Gasteiger partial charge in [0.1, 0.15) is 6.04 Å². The number of rotatable bonds is 2. The average molecular weight is 394 g/mol. The predicted octanol–water partition coefficient (Wildman–Crippen LogP) is 1.61. The lowest BCUT2D eigenvalue weighted by Gasteiger charge is -2.37. The average Bonchev–Trinajstić information content (AvgIpc) is 2.94. The van der Waals surface area contributed by atoms with Gasteiger partial charge in [0, 0.05) is 25.8 Å². The second-order valence-corrected chi connectivity index (χ2v) is 6.62. The predicted molar refractivity (Wildman–Crippen MR) is 89.2 cm³/mol. The van der Waals surface area contributed by atoms with Crippen LogP contribution in [0.3, 0.4) is 0 Å². The van der Waals surface area contributed by atoms with Gasteiger partial charge < -0.3 is 15.0 Å².